The van der Waals surface area contributed by atoms with Crippen LogP contribution in [0.5, 0.6) is 0 Å². The molecule has 1 amide bonds. The van der Waals surface area contributed by atoms with Crippen molar-refractivity contribution in [3.8, 4) is 0 Å². The second kappa shape index (κ2) is 9.51. The molecule has 0 aliphatic carbocycles. The molecule has 5 heterocycles. The van der Waals surface area contributed by atoms with E-state index < -0.39 is 5.60 Å². The van der Waals surface area contributed by atoms with E-state index in [4.69, 9.17) is 26.1 Å². The van der Waals surface area contributed by atoms with Crippen molar-refractivity contribution in [1.29, 1.82) is 0 Å². The summed E-state index contributed by atoms with van der Waals surface area (Å²) in [7, 11) is 0. The van der Waals surface area contributed by atoms with Gasteiger partial charge < -0.3 is 19.3 Å². The molecule has 0 N–H and O–H groups in total. The second-order valence-corrected chi connectivity index (χ2v) is 14.7. The monoisotopic (exact) mass is 639 g/mol. The van der Waals surface area contributed by atoms with Gasteiger partial charge in [-0.05, 0) is 63.5 Å². The van der Waals surface area contributed by atoms with Gasteiger partial charge in [-0.3, -0.25) is 9.47 Å². The van der Waals surface area contributed by atoms with Gasteiger partial charge in [-0.2, -0.15) is 4.98 Å². The smallest absolute Gasteiger partial charge is 0.410 e. The number of morpholine rings is 1. The number of hydrogen-bond donors (Lipinski definition) is 0. The average Bonchev–Trinajstić information content (AvgIpc) is 2.84. The number of carbonyl (C=O) groups excluding carboxylic acids is 1. The molecular formula is C27H35BrClN5O4S. The number of piperazine rings is 1. The number of thioether (sulfide) groups is 1. The maximum absolute atomic E-state index is 13.8. The molecule has 6 rings (SSSR count). The van der Waals surface area contributed by atoms with Crippen LogP contribution < -0.4 is 10.6 Å². The molecule has 9 nitrogen and oxygen atoms in total. The number of amides is 1. The van der Waals surface area contributed by atoms with E-state index in [0.29, 0.717) is 30.0 Å². The van der Waals surface area contributed by atoms with Crippen LogP contribution in [-0.2, 0) is 9.47 Å². The molecule has 0 radical (unpaired) electrons. The Hall–Kier alpha value is -1.53. The van der Waals surface area contributed by atoms with Gasteiger partial charge in [-0.15, -0.1) is 11.8 Å². The summed E-state index contributed by atoms with van der Waals surface area (Å²) in [5, 5.41) is 1.45. The van der Waals surface area contributed by atoms with E-state index in [9.17, 15) is 9.59 Å². The Bertz CT molecular complexity index is 1420. The molecule has 3 saturated heterocycles. The van der Waals surface area contributed by atoms with Crippen molar-refractivity contribution in [3.63, 3.8) is 0 Å². The van der Waals surface area contributed by atoms with Crippen LogP contribution in [0.2, 0.25) is 5.02 Å². The van der Waals surface area contributed by atoms with Crippen molar-refractivity contribution in [2.24, 2.45) is 0 Å². The predicted octanol–water partition coefficient (Wildman–Crippen LogP) is 4.77. The van der Waals surface area contributed by atoms with Gasteiger partial charge in [0.05, 0.1) is 39.3 Å². The van der Waals surface area contributed by atoms with Gasteiger partial charge in [0.2, 0.25) is 0 Å². The van der Waals surface area contributed by atoms with Gasteiger partial charge in [0.15, 0.2) is 0 Å². The minimum absolute atomic E-state index is 0.00219. The number of ether oxygens (including phenoxy) is 2. The van der Waals surface area contributed by atoms with Crippen molar-refractivity contribution >= 4 is 62.1 Å². The highest BCUT2D eigenvalue weighted by Gasteiger charge is 2.57. The van der Waals surface area contributed by atoms with E-state index in [1.165, 1.54) is 0 Å². The third-order valence-corrected chi connectivity index (χ3v) is 11.2. The van der Waals surface area contributed by atoms with E-state index >= 15 is 0 Å². The number of halogens is 2. The van der Waals surface area contributed by atoms with E-state index in [2.05, 4.69) is 39.6 Å². The highest BCUT2D eigenvalue weighted by molar-refractivity contribution is 9.10. The minimum atomic E-state index is -0.567. The highest BCUT2D eigenvalue weighted by atomic mass is 79.9. The average molecular weight is 641 g/mol. The maximum atomic E-state index is 13.8. The number of nitrogens with zero attached hydrogens (tertiary/aromatic N) is 5. The van der Waals surface area contributed by atoms with Crippen LogP contribution in [0.4, 0.5) is 10.6 Å². The fourth-order valence-electron chi connectivity index (χ4n) is 6.33. The minimum Gasteiger partial charge on any atom is -0.444 e. The third-order valence-electron chi connectivity index (χ3n) is 8.39. The summed E-state index contributed by atoms with van der Waals surface area (Å²) in [6.07, 6.45) is -0.323. The van der Waals surface area contributed by atoms with Gasteiger partial charge >= 0.3 is 11.8 Å². The Labute approximate surface area is 246 Å². The standard InChI is InChI=1S/C27H35BrClN5O4S/c1-14-9-33(25(36)38-26(3,4)5)15(2)8-32(14)23-17-7-18(29)20(28)22-21(17)34(24(35)30-23)16(12-39-22)10-31-13-27(6)19(31)11-37-27/h7,14-16,19H,8-13H2,1-6H3/t14-,15+,16-,19?,27+/m0/s1. The molecule has 212 valence electrons. The molecular weight excluding hydrogens is 606 g/mol. The predicted molar refractivity (Wildman–Crippen MR) is 157 cm³/mol. The molecule has 4 aliphatic heterocycles. The van der Waals surface area contributed by atoms with Crippen molar-refractivity contribution in [1.82, 2.24) is 19.4 Å². The van der Waals surface area contributed by atoms with Crippen LogP contribution in [0.25, 0.3) is 10.9 Å². The van der Waals surface area contributed by atoms with Crippen LogP contribution in [0.3, 0.4) is 0 Å². The lowest BCUT2D eigenvalue weighted by molar-refractivity contribution is -0.283. The first-order valence-corrected chi connectivity index (χ1v) is 15.6. The molecule has 5 atom stereocenters. The summed E-state index contributed by atoms with van der Waals surface area (Å²) >= 11 is 12.1. The van der Waals surface area contributed by atoms with E-state index in [0.717, 1.165) is 45.7 Å². The van der Waals surface area contributed by atoms with Gasteiger partial charge in [0.25, 0.3) is 0 Å². The zero-order valence-corrected chi connectivity index (χ0v) is 26.3. The van der Waals surface area contributed by atoms with Gasteiger partial charge in [-0.1, -0.05) is 11.6 Å². The zero-order valence-electron chi connectivity index (χ0n) is 23.2. The lowest BCUT2D eigenvalue weighted by Crippen LogP contribution is -2.78. The first-order valence-electron chi connectivity index (χ1n) is 13.5. The topological polar surface area (TPSA) is 80.1 Å². The fourth-order valence-corrected chi connectivity index (χ4v) is 8.43. The number of carbonyl (C=O) groups is 1. The number of fused-ring (bicyclic) bond motifs is 1. The molecule has 1 unspecified atom stereocenters. The maximum Gasteiger partial charge on any atom is 0.410 e. The number of rotatable bonds is 3. The Morgan fingerprint density at radius 2 is 2.05 bits per heavy atom. The van der Waals surface area contributed by atoms with Gasteiger partial charge in [-0.25, -0.2) is 9.59 Å². The first-order chi connectivity index (χ1) is 18.3. The number of benzene rings is 1. The number of likely N-dealkylation sites (tertiary alicyclic amines) is 1. The number of hydrogen-bond acceptors (Lipinski definition) is 8. The Morgan fingerprint density at radius 1 is 1.31 bits per heavy atom. The van der Waals surface area contributed by atoms with E-state index in [-0.39, 0.29) is 35.5 Å². The normalized spacial score (nSPS) is 30.6. The summed E-state index contributed by atoms with van der Waals surface area (Å²) in [6, 6.07) is 2.14. The number of aromatic nitrogens is 2. The summed E-state index contributed by atoms with van der Waals surface area (Å²) < 4.78 is 14.1. The van der Waals surface area contributed by atoms with Gasteiger partial charge in [0, 0.05) is 54.3 Å². The largest absolute Gasteiger partial charge is 0.444 e. The highest BCUT2D eigenvalue weighted by Crippen LogP contribution is 2.47. The summed E-state index contributed by atoms with van der Waals surface area (Å²) in [5.41, 5.74) is 0.0285. The zero-order chi connectivity index (χ0) is 28.0. The molecule has 1 aromatic heterocycles. The molecule has 2 aromatic rings. The molecule has 4 aliphatic rings. The lowest BCUT2D eigenvalue weighted by Gasteiger charge is -2.63. The third kappa shape index (κ3) is 4.56. The van der Waals surface area contributed by atoms with Crippen molar-refractivity contribution in [3.05, 3.63) is 26.0 Å². The summed E-state index contributed by atoms with van der Waals surface area (Å²) in [5.74, 6) is 1.39. The summed E-state index contributed by atoms with van der Waals surface area (Å²) in [4.78, 5) is 38.7. The van der Waals surface area contributed by atoms with E-state index in [1.54, 1.807) is 16.7 Å². The molecule has 39 heavy (non-hydrogen) atoms. The van der Waals surface area contributed by atoms with Crippen molar-refractivity contribution in [2.45, 2.75) is 81.8 Å². The fraction of sp³-hybridized carbons (Fsp3) is 0.667. The Balaban J connectivity index is 1.36. The van der Waals surface area contributed by atoms with Crippen LogP contribution in [0.1, 0.15) is 47.6 Å². The molecule has 0 saturated carbocycles. The van der Waals surface area contributed by atoms with E-state index in [1.807, 2.05) is 38.3 Å². The summed E-state index contributed by atoms with van der Waals surface area (Å²) in [6.45, 7) is 15.2. The molecule has 1 aromatic carbocycles. The van der Waals surface area contributed by atoms with Crippen LogP contribution in [0.15, 0.2) is 20.2 Å². The number of anilines is 1. The quantitative estimate of drug-likeness (QED) is 0.475. The molecule has 12 heteroatoms. The van der Waals surface area contributed by atoms with Crippen molar-refractivity contribution in [2.75, 3.05) is 43.4 Å². The van der Waals surface area contributed by atoms with Crippen LogP contribution >= 0.6 is 39.3 Å². The van der Waals surface area contributed by atoms with Gasteiger partial charge in [0.1, 0.15) is 11.4 Å². The van der Waals surface area contributed by atoms with Crippen LogP contribution in [0, 0.1) is 0 Å². The first kappa shape index (κ1) is 27.6. The Kier molecular flexibility index (Phi) is 6.74. The molecule has 0 spiro atoms. The lowest BCUT2D eigenvalue weighted by atomic mass is 9.80. The Morgan fingerprint density at radius 3 is 2.67 bits per heavy atom. The van der Waals surface area contributed by atoms with Crippen molar-refractivity contribution < 1.29 is 14.3 Å². The van der Waals surface area contributed by atoms with Crippen LogP contribution in [-0.4, -0.2) is 93.3 Å². The molecule has 3 fully saturated rings. The second-order valence-electron chi connectivity index (χ2n) is 12.5. The molecule has 0 bridgehead atoms. The SMILES string of the molecule is C[C@@H]1CN(c2nc(=O)n3c4c(c(Br)c(Cl)cc24)SC[C@@H]3CN2C[C@@]3(C)OCC23)[C@@H](C)CN1C(=O)OC(C)(C)C.